The van der Waals surface area contributed by atoms with Gasteiger partial charge in [-0.15, -0.1) is 0 Å². The molecule has 0 spiro atoms. The first-order valence-electron chi connectivity index (χ1n) is 6.35. The van der Waals surface area contributed by atoms with E-state index in [-0.39, 0.29) is 5.82 Å². The van der Waals surface area contributed by atoms with E-state index < -0.39 is 0 Å². The summed E-state index contributed by atoms with van der Waals surface area (Å²) in [5, 5.41) is 4.75. The molecule has 0 atom stereocenters. The number of hydrogen-bond donors (Lipinski definition) is 1. The largest absolute Gasteiger partial charge is 0.379 e. The van der Waals surface area contributed by atoms with Gasteiger partial charge >= 0.3 is 0 Å². The van der Waals surface area contributed by atoms with Crippen molar-refractivity contribution in [3.05, 3.63) is 69.5 Å². The lowest BCUT2D eigenvalue weighted by Crippen LogP contribution is -2.02. The van der Waals surface area contributed by atoms with Crippen LogP contribution in [-0.2, 0) is 6.54 Å². The van der Waals surface area contributed by atoms with Crippen molar-refractivity contribution in [3.8, 4) is 0 Å². The molecule has 0 bridgehead atoms. The van der Waals surface area contributed by atoms with E-state index in [1.807, 2.05) is 24.3 Å². The highest BCUT2D eigenvalue weighted by Crippen LogP contribution is 2.25. The normalized spacial score (nSPS) is 10.8. The summed E-state index contributed by atoms with van der Waals surface area (Å²) in [6, 6.07) is 12.4. The van der Waals surface area contributed by atoms with Crippen LogP contribution in [0.25, 0.3) is 10.9 Å². The number of nitrogens with one attached hydrogen (secondary N) is 1. The zero-order valence-corrected chi connectivity index (χ0v) is 13.2. The topological polar surface area (TPSA) is 24.9 Å². The predicted molar refractivity (Wildman–Crippen MR) is 88.2 cm³/mol. The lowest BCUT2D eigenvalue weighted by molar-refractivity contribution is 0.613. The molecule has 0 amide bonds. The van der Waals surface area contributed by atoms with Gasteiger partial charge in [0.25, 0.3) is 0 Å². The minimum atomic E-state index is -0.275. The van der Waals surface area contributed by atoms with Gasteiger partial charge in [0.05, 0.1) is 11.2 Å². The summed E-state index contributed by atoms with van der Waals surface area (Å²) in [5.74, 6) is -0.275. The average molecular weight is 366 g/mol. The third kappa shape index (κ3) is 3.17. The Balaban J connectivity index is 1.90. The van der Waals surface area contributed by atoms with Crippen LogP contribution in [0.5, 0.6) is 0 Å². The van der Waals surface area contributed by atoms with Gasteiger partial charge in [-0.3, -0.25) is 4.98 Å². The quantitative estimate of drug-likeness (QED) is 0.672. The molecule has 3 aromatic rings. The minimum absolute atomic E-state index is 0.275. The van der Waals surface area contributed by atoms with Crippen molar-refractivity contribution < 1.29 is 4.39 Å². The van der Waals surface area contributed by atoms with Gasteiger partial charge in [-0.2, -0.15) is 0 Å². The van der Waals surface area contributed by atoms with Crippen molar-refractivity contribution in [1.29, 1.82) is 0 Å². The standard InChI is InChI=1S/C16H11BrClFN2/c17-12-6-10-2-1-3-15(16(10)21-9-12)20-8-11-7-13(18)4-5-14(11)19/h1-7,9,20H,8H2. The molecule has 1 N–H and O–H groups in total. The fourth-order valence-corrected chi connectivity index (χ4v) is 2.69. The number of pyridine rings is 1. The molecule has 0 unspecified atom stereocenters. The lowest BCUT2D eigenvalue weighted by atomic mass is 10.1. The molecule has 0 saturated heterocycles. The van der Waals surface area contributed by atoms with Crippen molar-refractivity contribution in [1.82, 2.24) is 4.98 Å². The molecular formula is C16H11BrClFN2. The Kier molecular flexibility index (Phi) is 4.08. The summed E-state index contributed by atoms with van der Waals surface area (Å²) >= 11 is 9.30. The summed E-state index contributed by atoms with van der Waals surface area (Å²) < 4.78 is 14.6. The Hall–Kier alpha value is -1.65. The van der Waals surface area contributed by atoms with Crippen LogP contribution in [0.4, 0.5) is 10.1 Å². The molecule has 1 heterocycles. The zero-order valence-electron chi connectivity index (χ0n) is 10.9. The highest BCUT2D eigenvalue weighted by molar-refractivity contribution is 9.10. The smallest absolute Gasteiger partial charge is 0.128 e. The van der Waals surface area contributed by atoms with E-state index in [0.717, 1.165) is 21.1 Å². The highest BCUT2D eigenvalue weighted by Gasteiger charge is 2.06. The van der Waals surface area contributed by atoms with E-state index in [1.54, 1.807) is 12.3 Å². The monoisotopic (exact) mass is 364 g/mol. The molecular weight excluding hydrogens is 355 g/mol. The summed E-state index contributed by atoms with van der Waals surface area (Å²) in [4.78, 5) is 4.40. The molecule has 0 radical (unpaired) electrons. The second kappa shape index (κ2) is 6.00. The maximum atomic E-state index is 13.7. The maximum Gasteiger partial charge on any atom is 0.128 e. The first kappa shape index (κ1) is 14.3. The molecule has 2 nitrogen and oxygen atoms in total. The minimum Gasteiger partial charge on any atom is -0.379 e. The van der Waals surface area contributed by atoms with Crippen LogP contribution < -0.4 is 5.32 Å². The van der Waals surface area contributed by atoms with Gasteiger partial charge in [-0.1, -0.05) is 23.7 Å². The Labute approximate surface area is 135 Å². The van der Waals surface area contributed by atoms with Crippen molar-refractivity contribution in [2.24, 2.45) is 0 Å². The van der Waals surface area contributed by atoms with E-state index in [2.05, 4.69) is 26.2 Å². The summed E-state index contributed by atoms with van der Waals surface area (Å²) in [6.45, 7) is 0.350. The number of hydrogen-bond acceptors (Lipinski definition) is 2. The molecule has 0 fully saturated rings. The molecule has 21 heavy (non-hydrogen) atoms. The Morgan fingerprint density at radius 1 is 1.19 bits per heavy atom. The van der Waals surface area contributed by atoms with E-state index in [0.29, 0.717) is 17.1 Å². The molecule has 106 valence electrons. The number of benzene rings is 2. The fourth-order valence-electron chi connectivity index (χ4n) is 2.15. The van der Waals surface area contributed by atoms with Crippen LogP contribution in [-0.4, -0.2) is 4.98 Å². The SMILES string of the molecule is Fc1ccc(Cl)cc1CNc1cccc2cc(Br)cnc12. The number of para-hydroxylation sites is 1. The zero-order chi connectivity index (χ0) is 14.8. The van der Waals surface area contributed by atoms with Gasteiger partial charge in [0.2, 0.25) is 0 Å². The van der Waals surface area contributed by atoms with E-state index >= 15 is 0 Å². The van der Waals surface area contributed by atoms with Gasteiger partial charge in [-0.05, 0) is 46.3 Å². The number of aromatic nitrogens is 1. The third-order valence-corrected chi connectivity index (χ3v) is 3.82. The van der Waals surface area contributed by atoms with Gasteiger partial charge in [0.1, 0.15) is 5.82 Å². The Bertz CT molecular complexity index is 807. The fraction of sp³-hybridized carbons (Fsp3) is 0.0625. The third-order valence-electron chi connectivity index (χ3n) is 3.15. The van der Waals surface area contributed by atoms with Crippen LogP contribution in [0.1, 0.15) is 5.56 Å². The van der Waals surface area contributed by atoms with Crippen molar-refractivity contribution in [3.63, 3.8) is 0 Å². The van der Waals surface area contributed by atoms with Gasteiger partial charge in [0, 0.05) is 33.2 Å². The number of halogens is 3. The number of rotatable bonds is 3. The van der Waals surface area contributed by atoms with E-state index in [1.165, 1.54) is 12.1 Å². The van der Waals surface area contributed by atoms with Crippen LogP contribution in [0.2, 0.25) is 5.02 Å². The van der Waals surface area contributed by atoms with E-state index in [4.69, 9.17) is 11.6 Å². The van der Waals surface area contributed by atoms with Crippen LogP contribution in [0.3, 0.4) is 0 Å². The molecule has 0 aliphatic carbocycles. The average Bonchev–Trinajstić information content (AvgIpc) is 2.47. The van der Waals surface area contributed by atoms with Crippen molar-refractivity contribution in [2.45, 2.75) is 6.54 Å². The molecule has 0 saturated carbocycles. The van der Waals surface area contributed by atoms with Gasteiger partial charge < -0.3 is 5.32 Å². The second-order valence-corrected chi connectivity index (χ2v) is 5.97. The molecule has 0 aliphatic heterocycles. The maximum absolute atomic E-state index is 13.7. The molecule has 1 aromatic heterocycles. The molecule has 0 aliphatic rings. The van der Waals surface area contributed by atoms with Crippen molar-refractivity contribution in [2.75, 3.05) is 5.32 Å². The summed E-state index contributed by atoms with van der Waals surface area (Å²) in [5.41, 5.74) is 2.24. The van der Waals surface area contributed by atoms with Crippen LogP contribution in [0, 0.1) is 5.82 Å². The molecule has 3 rings (SSSR count). The number of anilines is 1. The van der Waals surface area contributed by atoms with E-state index in [9.17, 15) is 4.39 Å². The predicted octanol–water partition coefficient (Wildman–Crippen LogP) is 5.40. The Morgan fingerprint density at radius 3 is 2.90 bits per heavy atom. The first-order chi connectivity index (χ1) is 10.1. The van der Waals surface area contributed by atoms with Gasteiger partial charge in [-0.25, -0.2) is 4.39 Å². The lowest BCUT2D eigenvalue weighted by Gasteiger charge is -2.10. The summed E-state index contributed by atoms with van der Waals surface area (Å²) in [6.07, 6.45) is 1.74. The molecule has 2 aromatic carbocycles. The van der Waals surface area contributed by atoms with Crippen LogP contribution in [0.15, 0.2) is 53.1 Å². The second-order valence-electron chi connectivity index (χ2n) is 4.62. The summed E-state index contributed by atoms with van der Waals surface area (Å²) in [7, 11) is 0. The first-order valence-corrected chi connectivity index (χ1v) is 7.52. The Morgan fingerprint density at radius 2 is 2.05 bits per heavy atom. The number of fused-ring (bicyclic) bond motifs is 1. The number of nitrogens with zero attached hydrogens (tertiary/aromatic N) is 1. The molecule has 5 heteroatoms. The van der Waals surface area contributed by atoms with Crippen LogP contribution >= 0.6 is 27.5 Å². The van der Waals surface area contributed by atoms with Gasteiger partial charge in [0.15, 0.2) is 0 Å². The van der Waals surface area contributed by atoms with Crippen molar-refractivity contribution >= 4 is 44.1 Å². The highest BCUT2D eigenvalue weighted by atomic mass is 79.9.